The van der Waals surface area contributed by atoms with Crippen LogP contribution in [0, 0.1) is 22.7 Å². The summed E-state index contributed by atoms with van der Waals surface area (Å²) in [5.41, 5.74) is 5.10. The number of aromatic amines is 1. The average Bonchev–Trinajstić information content (AvgIpc) is 2.56. The van der Waals surface area contributed by atoms with Gasteiger partial charge in [-0.1, -0.05) is 15.9 Å². The van der Waals surface area contributed by atoms with E-state index in [0.29, 0.717) is 10.0 Å². The summed E-state index contributed by atoms with van der Waals surface area (Å²) < 4.78 is 11.0. The number of aromatic nitrogens is 1. The van der Waals surface area contributed by atoms with Gasteiger partial charge in [-0.15, -0.1) is 0 Å². The van der Waals surface area contributed by atoms with Gasteiger partial charge in [0.05, 0.1) is 6.61 Å². The van der Waals surface area contributed by atoms with Gasteiger partial charge in [-0.25, -0.2) is 0 Å². The molecule has 132 valence electrons. The molecule has 2 rings (SSSR count). The van der Waals surface area contributed by atoms with Gasteiger partial charge < -0.3 is 20.2 Å². The van der Waals surface area contributed by atoms with E-state index in [4.69, 9.17) is 15.2 Å². The van der Waals surface area contributed by atoms with E-state index in [2.05, 4.69) is 20.9 Å². The third-order valence-electron chi connectivity index (χ3n) is 3.32. The van der Waals surface area contributed by atoms with E-state index in [9.17, 15) is 20.1 Å². The van der Waals surface area contributed by atoms with E-state index < -0.39 is 11.5 Å². The lowest BCUT2D eigenvalue weighted by molar-refractivity contribution is -0.132. The first-order valence-corrected chi connectivity index (χ1v) is 8.14. The van der Waals surface area contributed by atoms with Crippen LogP contribution in [0.5, 0.6) is 11.5 Å². The van der Waals surface area contributed by atoms with E-state index in [0.717, 1.165) is 0 Å². The van der Waals surface area contributed by atoms with Crippen LogP contribution >= 0.6 is 15.9 Å². The van der Waals surface area contributed by atoms with Crippen molar-refractivity contribution >= 4 is 27.7 Å². The van der Waals surface area contributed by atoms with Crippen molar-refractivity contribution in [3.63, 3.8) is 0 Å². The number of rotatable bonds is 4. The molecule has 1 heterocycles. The van der Waals surface area contributed by atoms with Crippen molar-refractivity contribution < 1.29 is 14.3 Å². The molecule has 0 atom stereocenters. The number of hydrogen-bond donors (Lipinski definition) is 2. The number of nitrogens with two attached hydrogens (primary N) is 1. The largest absolute Gasteiger partial charge is 0.490 e. The van der Waals surface area contributed by atoms with Gasteiger partial charge in [0.2, 0.25) is 0 Å². The zero-order chi connectivity index (χ0) is 19.4. The Morgan fingerprint density at radius 3 is 2.46 bits per heavy atom. The first-order valence-electron chi connectivity index (χ1n) is 7.35. The minimum absolute atomic E-state index is 0.0514. The Hall–Kier alpha value is -3.30. The van der Waals surface area contributed by atoms with Gasteiger partial charge in [0.1, 0.15) is 29.1 Å². The van der Waals surface area contributed by atoms with E-state index >= 15 is 0 Å². The Morgan fingerprint density at radius 1 is 1.27 bits per heavy atom. The molecule has 9 heteroatoms. The van der Waals surface area contributed by atoms with Crippen LogP contribution in [0.4, 0.5) is 5.82 Å². The molecule has 0 saturated heterocycles. The summed E-state index contributed by atoms with van der Waals surface area (Å²) in [5.74, 6) is -0.320. The fourth-order valence-electron chi connectivity index (χ4n) is 2.34. The summed E-state index contributed by atoms with van der Waals surface area (Å²) >= 11 is 3.32. The predicted octanol–water partition coefficient (Wildman–Crippen LogP) is 2.45. The highest BCUT2D eigenvalue weighted by atomic mass is 79.9. The SMILES string of the molecule is CCOc1cc(-c2c(C#N)c(N)[nH]c(=O)c2C#N)c(Br)cc1OC(C)=O. The van der Waals surface area contributed by atoms with Crippen LogP contribution in [0.1, 0.15) is 25.0 Å². The zero-order valence-electron chi connectivity index (χ0n) is 13.8. The summed E-state index contributed by atoms with van der Waals surface area (Å²) in [6, 6.07) is 6.62. The second-order valence-electron chi connectivity index (χ2n) is 5.02. The van der Waals surface area contributed by atoms with E-state index in [1.807, 2.05) is 6.07 Å². The predicted molar refractivity (Wildman–Crippen MR) is 96.5 cm³/mol. The minimum Gasteiger partial charge on any atom is -0.490 e. The van der Waals surface area contributed by atoms with Crippen LogP contribution in [0.2, 0.25) is 0 Å². The fraction of sp³-hybridized carbons (Fsp3) is 0.176. The number of esters is 1. The second-order valence-corrected chi connectivity index (χ2v) is 5.88. The number of anilines is 1. The molecule has 0 amide bonds. The van der Waals surface area contributed by atoms with Gasteiger partial charge in [-0.2, -0.15) is 10.5 Å². The molecule has 0 unspecified atom stereocenters. The Morgan fingerprint density at radius 2 is 1.92 bits per heavy atom. The van der Waals surface area contributed by atoms with Crippen molar-refractivity contribution in [1.29, 1.82) is 10.5 Å². The number of nitrogen functional groups attached to an aromatic ring is 1. The molecule has 2 aromatic rings. The number of nitriles is 2. The number of hydrogen-bond acceptors (Lipinski definition) is 7. The maximum atomic E-state index is 12.1. The standard InChI is InChI=1S/C17H13BrN4O4/c1-3-25-13-4-9(12(18)5-14(13)26-8(2)23)15-10(6-19)16(21)22-17(24)11(15)7-20/h4-5H,3H2,1-2H3,(H3,21,22,24). The van der Waals surface area contributed by atoms with Gasteiger partial charge in [0.15, 0.2) is 11.5 Å². The molecular weight excluding hydrogens is 404 g/mol. The van der Waals surface area contributed by atoms with Crippen molar-refractivity contribution in [3.05, 3.63) is 38.1 Å². The number of benzene rings is 1. The number of H-pyrrole nitrogens is 1. The Balaban J connectivity index is 2.88. The van der Waals surface area contributed by atoms with Crippen LogP contribution in [-0.2, 0) is 4.79 Å². The van der Waals surface area contributed by atoms with Gasteiger partial charge in [-0.3, -0.25) is 9.59 Å². The Labute approximate surface area is 156 Å². The number of carbonyl (C=O) groups is 1. The first kappa shape index (κ1) is 19.0. The Bertz CT molecular complexity index is 1030. The molecule has 26 heavy (non-hydrogen) atoms. The van der Waals surface area contributed by atoms with Crippen molar-refractivity contribution in [1.82, 2.24) is 4.98 Å². The number of pyridine rings is 1. The highest BCUT2D eigenvalue weighted by molar-refractivity contribution is 9.10. The van der Waals surface area contributed by atoms with Crippen LogP contribution in [0.15, 0.2) is 21.4 Å². The van der Waals surface area contributed by atoms with Crippen molar-refractivity contribution in [3.8, 4) is 34.8 Å². The average molecular weight is 417 g/mol. The maximum absolute atomic E-state index is 12.1. The molecule has 8 nitrogen and oxygen atoms in total. The maximum Gasteiger partial charge on any atom is 0.308 e. The zero-order valence-corrected chi connectivity index (χ0v) is 15.4. The number of ether oxygens (including phenoxy) is 2. The molecular formula is C17H13BrN4O4. The molecule has 0 fully saturated rings. The quantitative estimate of drug-likeness (QED) is 0.575. The molecule has 3 N–H and O–H groups in total. The van der Waals surface area contributed by atoms with Gasteiger partial charge in [0, 0.05) is 22.5 Å². The number of nitrogens with zero attached hydrogens (tertiary/aromatic N) is 2. The summed E-state index contributed by atoms with van der Waals surface area (Å²) in [5, 5.41) is 18.8. The van der Waals surface area contributed by atoms with Crippen molar-refractivity contribution in [2.75, 3.05) is 12.3 Å². The van der Waals surface area contributed by atoms with Crippen LogP contribution in [0.25, 0.3) is 11.1 Å². The smallest absolute Gasteiger partial charge is 0.308 e. The molecule has 1 aromatic heterocycles. The molecule has 1 aromatic carbocycles. The lowest BCUT2D eigenvalue weighted by atomic mass is 9.96. The normalized spacial score (nSPS) is 9.88. The van der Waals surface area contributed by atoms with Gasteiger partial charge >= 0.3 is 5.97 Å². The minimum atomic E-state index is -0.715. The number of nitrogens with one attached hydrogen (secondary N) is 1. The second kappa shape index (κ2) is 7.72. The van der Waals surface area contributed by atoms with E-state index in [1.54, 1.807) is 13.0 Å². The molecule has 0 radical (unpaired) electrons. The Kier molecular flexibility index (Phi) is 5.65. The lowest BCUT2D eigenvalue weighted by Crippen LogP contribution is -2.16. The third-order valence-corrected chi connectivity index (χ3v) is 3.98. The lowest BCUT2D eigenvalue weighted by Gasteiger charge is -2.15. The van der Waals surface area contributed by atoms with Crippen molar-refractivity contribution in [2.24, 2.45) is 0 Å². The van der Waals surface area contributed by atoms with Crippen molar-refractivity contribution in [2.45, 2.75) is 13.8 Å². The number of halogens is 1. The summed E-state index contributed by atoms with van der Waals surface area (Å²) in [7, 11) is 0. The van der Waals surface area contributed by atoms with Crippen LogP contribution < -0.4 is 20.8 Å². The molecule has 0 saturated carbocycles. The van der Waals surface area contributed by atoms with Gasteiger partial charge in [0.25, 0.3) is 5.56 Å². The summed E-state index contributed by atoms with van der Waals surface area (Å²) in [6.45, 7) is 3.27. The molecule has 0 aliphatic rings. The molecule has 0 bridgehead atoms. The van der Waals surface area contributed by atoms with Gasteiger partial charge in [-0.05, 0) is 19.1 Å². The van der Waals surface area contributed by atoms with Crippen LogP contribution in [-0.4, -0.2) is 17.6 Å². The van der Waals surface area contributed by atoms with Crippen LogP contribution in [0.3, 0.4) is 0 Å². The highest BCUT2D eigenvalue weighted by Gasteiger charge is 2.22. The first-order chi connectivity index (χ1) is 12.3. The summed E-state index contributed by atoms with van der Waals surface area (Å²) in [4.78, 5) is 25.6. The molecule has 0 aliphatic carbocycles. The molecule has 0 aliphatic heterocycles. The van der Waals surface area contributed by atoms with E-state index in [-0.39, 0.29) is 40.6 Å². The fourth-order valence-corrected chi connectivity index (χ4v) is 2.86. The number of carbonyl (C=O) groups excluding carboxylic acids is 1. The monoisotopic (exact) mass is 416 g/mol. The molecule has 0 spiro atoms. The van der Waals surface area contributed by atoms with E-state index in [1.165, 1.54) is 19.1 Å². The topological polar surface area (TPSA) is 142 Å². The third kappa shape index (κ3) is 3.53. The summed E-state index contributed by atoms with van der Waals surface area (Å²) in [6.07, 6.45) is 0. The highest BCUT2D eigenvalue weighted by Crippen LogP contribution is 2.41.